The van der Waals surface area contributed by atoms with Gasteiger partial charge in [0.05, 0.1) is 10.8 Å². The molecule has 0 aromatic heterocycles. The Kier molecular flexibility index (Phi) is 6.40. The fraction of sp³-hybridized carbons (Fsp3) is 0.417. The van der Waals surface area contributed by atoms with Crippen molar-refractivity contribution < 1.29 is 4.79 Å². The lowest BCUT2D eigenvalue weighted by atomic mass is 10.2. The number of hydrogen-bond donors (Lipinski definition) is 2. The molecular weight excluding hydrogens is 256 g/mol. The lowest BCUT2D eigenvalue weighted by Crippen LogP contribution is -2.25. The number of rotatable bonds is 6. The zero-order chi connectivity index (χ0) is 12.7. The van der Waals surface area contributed by atoms with Crippen LogP contribution in [0.1, 0.15) is 18.9 Å². The van der Waals surface area contributed by atoms with Crippen molar-refractivity contribution in [1.82, 2.24) is 5.32 Å². The summed E-state index contributed by atoms with van der Waals surface area (Å²) in [7, 11) is 0. The third-order valence-corrected chi connectivity index (χ3v) is 3.66. The summed E-state index contributed by atoms with van der Waals surface area (Å²) in [6.07, 6.45) is 0.947. The van der Waals surface area contributed by atoms with Gasteiger partial charge in [-0.15, -0.1) is 11.8 Å². The van der Waals surface area contributed by atoms with E-state index in [0.717, 1.165) is 23.4 Å². The van der Waals surface area contributed by atoms with E-state index >= 15 is 0 Å². The summed E-state index contributed by atoms with van der Waals surface area (Å²) >= 11 is 7.53. The molecular formula is C12H17ClN2OS. The second kappa shape index (κ2) is 7.58. The maximum atomic E-state index is 11.4. The first-order chi connectivity index (χ1) is 8.17. The average Bonchev–Trinajstić information content (AvgIpc) is 2.34. The van der Waals surface area contributed by atoms with Crippen molar-refractivity contribution in [2.24, 2.45) is 5.73 Å². The van der Waals surface area contributed by atoms with Gasteiger partial charge in [-0.25, -0.2) is 0 Å². The number of hydrogen-bond acceptors (Lipinski definition) is 3. The second-order valence-electron chi connectivity index (χ2n) is 3.61. The van der Waals surface area contributed by atoms with Crippen molar-refractivity contribution in [2.45, 2.75) is 24.8 Å². The largest absolute Gasteiger partial charge is 0.355 e. The van der Waals surface area contributed by atoms with Gasteiger partial charge in [-0.05, 0) is 24.1 Å². The van der Waals surface area contributed by atoms with Crippen molar-refractivity contribution in [3.05, 3.63) is 28.8 Å². The first-order valence-electron chi connectivity index (χ1n) is 5.55. The molecule has 94 valence electrons. The summed E-state index contributed by atoms with van der Waals surface area (Å²) in [6.45, 7) is 3.22. The molecule has 0 saturated heterocycles. The normalized spacial score (nSPS) is 10.3. The Balaban J connectivity index is 2.49. The predicted octanol–water partition coefficient (Wildman–Crippen LogP) is 2.42. The SMILES string of the molecule is CCCNC(=O)CSc1ccc(CN)cc1Cl. The fourth-order valence-corrected chi connectivity index (χ4v) is 2.36. The topological polar surface area (TPSA) is 55.1 Å². The van der Waals surface area contributed by atoms with Crippen LogP contribution in [-0.4, -0.2) is 18.2 Å². The number of amides is 1. The van der Waals surface area contributed by atoms with Crippen molar-refractivity contribution >= 4 is 29.3 Å². The molecule has 1 amide bonds. The molecule has 0 aliphatic rings. The highest BCUT2D eigenvalue weighted by atomic mass is 35.5. The Morgan fingerprint density at radius 1 is 1.53 bits per heavy atom. The first-order valence-corrected chi connectivity index (χ1v) is 6.91. The minimum Gasteiger partial charge on any atom is -0.355 e. The van der Waals surface area contributed by atoms with Gasteiger partial charge in [-0.2, -0.15) is 0 Å². The van der Waals surface area contributed by atoms with E-state index in [2.05, 4.69) is 5.32 Å². The van der Waals surface area contributed by atoms with Crippen LogP contribution in [0.15, 0.2) is 23.1 Å². The maximum Gasteiger partial charge on any atom is 0.230 e. The molecule has 0 atom stereocenters. The van der Waals surface area contributed by atoms with Crippen LogP contribution in [0.5, 0.6) is 0 Å². The van der Waals surface area contributed by atoms with Crippen molar-refractivity contribution in [3.63, 3.8) is 0 Å². The van der Waals surface area contributed by atoms with Gasteiger partial charge < -0.3 is 11.1 Å². The summed E-state index contributed by atoms with van der Waals surface area (Å²) in [6, 6.07) is 5.67. The molecule has 0 saturated carbocycles. The monoisotopic (exact) mass is 272 g/mol. The smallest absolute Gasteiger partial charge is 0.230 e. The van der Waals surface area contributed by atoms with Crippen LogP contribution in [0.4, 0.5) is 0 Å². The van der Waals surface area contributed by atoms with Gasteiger partial charge in [0.2, 0.25) is 5.91 Å². The highest BCUT2D eigenvalue weighted by Gasteiger charge is 2.05. The van der Waals surface area contributed by atoms with Crippen LogP contribution in [0.25, 0.3) is 0 Å². The van der Waals surface area contributed by atoms with E-state index in [0.29, 0.717) is 17.3 Å². The second-order valence-corrected chi connectivity index (χ2v) is 5.03. The summed E-state index contributed by atoms with van der Waals surface area (Å²) in [5, 5.41) is 3.48. The maximum absolute atomic E-state index is 11.4. The summed E-state index contributed by atoms with van der Waals surface area (Å²) in [5.74, 6) is 0.428. The Morgan fingerprint density at radius 3 is 2.88 bits per heavy atom. The lowest BCUT2D eigenvalue weighted by molar-refractivity contribution is -0.118. The number of thioether (sulfide) groups is 1. The molecule has 0 heterocycles. The minimum absolute atomic E-state index is 0.0378. The highest BCUT2D eigenvalue weighted by Crippen LogP contribution is 2.27. The molecule has 0 bridgehead atoms. The fourth-order valence-electron chi connectivity index (χ4n) is 1.25. The molecule has 1 aromatic rings. The van der Waals surface area contributed by atoms with E-state index in [-0.39, 0.29) is 5.91 Å². The first kappa shape index (κ1) is 14.4. The van der Waals surface area contributed by atoms with Crippen LogP contribution < -0.4 is 11.1 Å². The molecule has 1 aromatic carbocycles. The van der Waals surface area contributed by atoms with Crippen molar-refractivity contribution in [3.8, 4) is 0 Å². The minimum atomic E-state index is 0.0378. The molecule has 0 fully saturated rings. The van der Waals surface area contributed by atoms with Crippen LogP contribution in [0.2, 0.25) is 5.02 Å². The Morgan fingerprint density at radius 2 is 2.29 bits per heavy atom. The molecule has 0 radical (unpaired) electrons. The predicted molar refractivity (Wildman–Crippen MR) is 73.4 cm³/mol. The van der Waals surface area contributed by atoms with Gasteiger partial charge in [0.15, 0.2) is 0 Å². The van der Waals surface area contributed by atoms with Gasteiger partial charge in [-0.3, -0.25) is 4.79 Å². The number of nitrogens with two attached hydrogens (primary N) is 1. The van der Waals surface area contributed by atoms with Gasteiger partial charge >= 0.3 is 0 Å². The molecule has 0 aliphatic carbocycles. The molecule has 0 aliphatic heterocycles. The Bertz CT molecular complexity index is 385. The zero-order valence-corrected chi connectivity index (χ0v) is 11.4. The number of halogens is 1. The molecule has 0 spiro atoms. The van der Waals surface area contributed by atoms with E-state index in [9.17, 15) is 4.79 Å². The van der Waals surface area contributed by atoms with Gasteiger partial charge in [-0.1, -0.05) is 24.6 Å². The zero-order valence-electron chi connectivity index (χ0n) is 9.83. The number of carbonyl (C=O) groups is 1. The summed E-state index contributed by atoms with van der Waals surface area (Å²) in [5.41, 5.74) is 6.51. The van der Waals surface area contributed by atoms with Crippen molar-refractivity contribution in [2.75, 3.05) is 12.3 Å². The number of benzene rings is 1. The van der Waals surface area contributed by atoms with Gasteiger partial charge in [0.25, 0.3) is 0 Å². The third-order valence-electron chi connectivity index (χ3n) is 2.16. The standard InChI is InChI=1S/C12H17ClN2OS/c1-2-5-15-12(16)8-17-11-4-3-9(7-14)6-10(11)13/h3-4,6H,2,5,7-8,14H2,1H3,(H,15,16). The molecule has 0 unspecified atom stereocenters. The molecule has 3 nitrogen and oxygen atoms in total. The van der Waals surface area contributed by atoms with E-state index in [1.807, 2.05) is 25.1 Å². The van der Waals surface area contributed by atoms with Crippen LogP contribution in [0.3, 0.4) is 0 Å². The molecule has 3 N–H and O–H groups in total. The third kappa shape index (κ3) is 4.98. The van der Waals surface area contributed by atoms with Gasteiger partial charge in [0.1, 0.15) is 0 Å². The van der Waals surface area contributed by atoms with E-state index in [4.69, 9.17) is 17.3 Å². The molecule has 17 heavy (non-hydrogen) atoms. The average molecular weight is 273 g/mol. The van der Waals surface area contributed by atoms with Crippen LogP contribution >= 0.6 is 23.4 Å². The van der Waals surface area contributed by atoms with Crippen LogP contribution in [0, 0.1) is 0 Å². The number of carbonyl (C=O) groups excluding carboxylic acids is 1. The lowest BCUT2D eigenvalue weighted by Gasteiger charge is -2.06. The quantitative estimate of drug-likeness (QED) is 0.782. The van der Waals surface area contributed by atoms with E-state index in [1.165, 1.54) is 11.8 Å². The van der Waals surface area contributed by atoms with Gasteiger partial charge in [0, 0.05) is 18.0 Å². The summed E-state index contributed by atoms with van der Waals surface area (Å²) < 4.78 is 0. The molecule has 1 rings (SSSR count). The summed E-state index contributed by atoms with van der Waals surface area (Å²) in [4.78, 5) is 12.3. The Hall–Kier alpha value is -0.710. The van der Waals surface area contributed by atoms with Crippen molar-refractivity contribution in [1.29, 1.82) is 0 Å². The number of nitrogens with one attached hydrogen (secondary N) is 1. The van der Waals surface area contributed by atoms with E-state index < -0.39 is 0 Å². The Labute approximate surface area is 111 Å². The highest BCUT2D eigenvalue weighted by molar-refractivity contribution is 8.00. The van der Waals surface area contributed by atoms with E-state index in [1.54, 1.807) is 0 Å². The van der Waals surface area contributed by atoms with Crippen LogP contribution in [-0.2, 0) is 11.3 Å². The molecule has 5 heteroatoms.